The number of imide groups is 2. The van der Waals surface area contributed by atoms with E-state index in [0.29, 0.717) is 17.0 Å². The van der Waals surface area contributed by atoms with Crippen molar-refractivity contribution in [3.8, 4) is 11.3 Å². The molecular weight excluding hydrogens is 390 g/mol. The predicted molar refractivity (Wildman–Crippen MR) is 106 cm³/mol. The molecule has 4 amide bonds. The lowest BCUT2D eigenvalue weighted by Crippen LogP contribution is -2.54. The van der Waals surface area contributed by atoms with Gasteiger partial charge < -0.3 is 4.42 Å². The molecule has 3 aromatic rings. The molecule has 1 saturated heterocycles. The molecule has 1 aliphatic heterocycles. The highest BCUT2D eigenvalue weighted by Gasteiger charge is 2.36. The van der Waals surface area contributed by atoms with E-state index in [0.717, 1.165) is 4.90 Å². The van der Waals surface area contributed by atoms with Crippen LogP contribution in [-0.2, 0) is 9.59 Å². The Morgan fingerprint density at radius 3 is 2.30 bits per heavy atom. The Morgan fingerprint density at radius 1 is 0.933 bits per heavy atom. The van der Waals surface area contributed by atoms with Gasteiger partial charge in [0.15, 0.2) is 0 Å². The van der Waals surface area contributed by atoms with Crippen LogP contribution in [0.25, 0.3) is 17.4 Å². The van der Waals surface area contributed by atoms with Crippen LogP contribution in [0, 0.1) is 10.1 Å². The Labute approximate surface area is 169 Å². The van der Waals surface area contributed by atoms with E-state index < -0.39 is 22.8 Å². The maximum Gasteiger partial charge on any atom is 0.335 e. The van der Waals surface area contributed by atoms with E-state index in [1.807, 2.05) is 0 Å². The number of non-ortho nitro benzene ring substituents is 1. The summed E-state index contributed by atoms with van der Waals surface area (Å²) in [5, 5.41) is 12.9. The monoisotopic (exact) mass is 403 g/mol. The number of urea groups is 1. The zero-order chi connectivity index (χ0) is 21.3. The Bertz CT molecular complexity index is 1190. The van der Waals surface area contributed by atoms with E-state index in [2.05, 4.69) is 5.32 Å². The molecule has 0 atom stereocenters. The van der Waals surface area contributed by atoms with Crippen LogP contribution >= 0.6 is 0 Å². The number of carbonyl (C=O) groups is 3. The van der Waals surface area contributed by atoms with Gasteiger partial charge in [0.2, 0.25) is 0 Å². The van der Waals surface area contributed by atoms with E-state index in [1.54, 1.807) is 42.5 Å². The molecule has 0 aliphatic carbocycles. The van der Waals surface area contributed by atoms with Gasteiger partial charge in [-0.05, 0) is 42.5 Å². The molecule has 2 aromatic carbocycles. The van der Waals surface area contributed by atoms with Crippen LogP contribution in [0.15, 0.2) is 76.7 Å². The van der Waals surface area contributed by atoms with Gasteiger partial charge in [-0.1, -0.05) is 18.2 Å². The van der Waals surface area contributed by atoms with Crippen LogP contribution in [-0.4, -0.2) is 22.8 Å². The number of rotatable bonds is 4. The summed E-state index contributed by atoms with van der Waals surface area (Å²) in [6.07, 6.45) is 1.24. The second-order valence-electron chi connectivity index (χ2n) is 6.30. The standard InChI is InChI=1S/C21H13N3O6/c25-19-17(20(26)23(21(27)22-19)14-4-2-1-3-5-14)12-16-10-11-18(30-16)13-6-8-15(9-7-13)24(28)29/h1-12H,(H,22,25,27)/b17-12-. The Balaban J connectivity index is 1.64. The van der Waals surface area contributed by atoms with Gasteiger partial charge >= 0.3 is 6.03 Å². The van der Waals surface area contributed by atoms with Crippen molar-refractivity contribution in [1.29, 1.82) is 0 Å². The van der Waals surface area contributed by atoms with E-state index >= 15 is 0 Å². The Kier molecular flexibility index (Phi) is 4.69. The fourth-order valence-electron chi connectivity index (χ4n) is 2.94. The van der Waals surface area contributed by atoms with Gasteiger partial charge in [-0.3, -0.25) is 25.0 Å². The molecule has 9 heteroatoms. The zero-order valence-corrected chi connectivity index (χ0v) is 15.3. The van der Waals surface area contributed by atoms with Crippen molar-refractivity contribution >= 4 is 35.3 Å². The molecule has 0 unspecified atom stereocenters. The van der Waals surface area contributed by atoms with E-state index in [4.69, 9.17) is 4.42 Å². The zero-order valence-electron chi connectivity index (χ0n) is 15.3. The minimum absolute atomic E-state index is 0.0530. The third-order valence-corrected chi connectivity index (χ3v) is 4.39. The molecule has 1 aromatic heterocycles. The summed E-state index contributed by atoms with van der Waals surface area (Å²) in [7, 11) is 0. The average molecular weight is 403 g/mol. The quantitative estimate of drug-likeness (QED) is 0.308. The summed E-state index contributed by atoms with van der Waals surface area (Å²) in [5.74, 6) is -0.991. The highest BCUT2D eigenvalue weighted by Crippen LogP contribution is 2.27. The fourth-order valence-corrected chi connectivity index (χ4v) is 2.94. The van der Waals surface area contributed by atoms with E-state index in [-0.39, 0.29) is 17.0 Å². The fraction of sp³-hybridized carbons (Fsp3) is 0. The van der Waals surface area contributed by atoms with Crippen molar-refractivity contribution in [3.63, 3.8) is 0 Å². The number of nitrogens with one attached hydrogen (secondary N) is 1. The average Bonchev–Trinajstić information content (AvgIpc) is 3.20. The van der Waals surface area contributed by atoms with Crippen molar-refractivity contribution in [2.45, 2.75) is 0 Å². The van der Waals surface area contributed by atoms with E-state index in [9.17, 15) is 24.5 Å². The Hall–Kier alpha value is -4.53. The summed E-state index contributed by atoms with van der Waals surface area (Å²) in [6.45, 7) is 0. The number of amides is 4. The van der Waals surface area contributed by atoms with Gasteiger partial charge in [-0.2, -0.15) is 0 Å². The van der Waals surface area contributed by atoms with Gasteiger partial charge in [-0.25, -0.2) is 9.69 Å². The van der Waals surface area contributed by atoms with Crippen molar-refractivity contribution in [2.24, 2.45) is 0 Å². The molecule has 30 heavy (non-hydrogen) atoms. The number of nitro benzene ring substituents is 1. The molecule has 1 aliphatic rings. The summed E-state index contributed by atoms with van der Waals surface area (Å²) < 4.78 is 5.66. The van der Waals surface area contributed by atoms with Gasteiger partial charge in [0, 0.05) is 17.7 Å². The molecule has 0 bridgehead atoms. The van der Waals surface area contributed by atoms with Gasteiger partial charge in [0.1, 0.15) is 17.1 Å². The minimum Gasteiger partial charge on any atom is -0.457 e. The number of barbiturate groups is 1. The van der Waals surface area contributed by atoms with Gasteiger partial charge in [-0.15, -0.1) is 0 Å². The van der Waals surface area contributed by atoms with Crippen LogP contribution in [0.3, 0.4) is 0 Å². The van der Waals surface area contributed by atoms with Crippen molar-refractivity contribution in [3.05, 3.63) is 88.2 Å². The first kappa shape index (κ1) is 18.8. The minimum atomic E-state index is -0.834. The largest absolute Gasteiger partial charge is 0.457 e. The first-order valence-corrected chi connectivity index (χ1v) is 8.75. The van der Waals surface area contributed by atoms with Crippen LogP contribution in [0.4, 0.5) is 16.2 Å². The number of anilines is 1. The SMILES string of the molecule is O=C1NC(=O)N(c2ccccc2)C(=O)/C1=C\c1ccc(-c2ccc([N+](=O)[O-])cc2)o1. The van der Waals surface area contributed by atoms with Crippen LogP contribution in [0.1, 0.15) is 5.76 Å². The molecular formula is C21H13N3O6. The van der Waals surface area contributed by atoms with Crippen LogP contribution in [0.5, 0.6) is 0 Å². The van der Waals surface area contributed by atoms with E-state index in [1.165, 1.54) is 30.3 Å². The van der Waals surface area contributed by atoms with Crippen molar-refractivity contribution < 1.29 is 23.7 Å². The second-order valence-corrected chi connectivity index (χ2v) is 6.30. The molecule has 1 fully saturated rings. The number of nitrogens with zero attached hydrogens (tertiary/aromatic N) is 2. The number of hydrogen-bond acceptors (Lipinski definition) is 6. The van der Waals surface area contributed by atoms with Crippen LogP contribution < -0.4 is 10.2 Å². The number of benzene rings is 2. The maximum absolute atomic E-state index is 12.8. The normalized spacial score (nSPS) is 15.4. The maximum atomic E-state index is 12.8. The lowest BCUT2D eigenvalue weighted by atomic mass is 10.1. The Morgan fingerprint density at radius 2 is 1.63 bits per heavy atom. The smallest absolute Gasteiger partial charge is 0.335 e. The third-order valence-electron chi connectivity index (χ3n) is 4.39. The molecule has 0 radical (unpaired) electrons. The first-order chi connectivity index (χ1) is 14.4. The van der Waals surface area contributed by atoms with Crippen molar-refractivity contribution in [1.82, 2.24) is 5.32 Å². The van der Waals surface area contributed by atoms with Crippen LogP contribution in [0.2, 0.25) is 0 Å². The molecule has 9 nitrogen and oxygen atoms in total. The highest BCUT2D eigenvalue weighted by atomic mass is 16.6. The number of para-hydroxylation sites is 1. The molecule has 0 saturated carbocycles. The summed E-state index contributed by atoms with van der Waals surface area (Å²) in [5.41, 5.74) is 0.598. The first-order valence-electron chi connectivity index (χ1n) is 8.75. The summed E-state index contributed by atoms with van der Waals surface area (Å²) in [4.78, 5) is 48.3. The predicted octanol–water partition coefficient (Wildman–Crippen LogP) is 3.52. The number of hydrogen-bond donors (Lipinski definition) is 1. The lowest BCUT2D eigenvalue weighted by molar-refractivity contribution is -0.384. The van der Waals surface area contributed by atoms with Gasteiger partial charge in [0.25, 0.3) is 17.5 Å². The van der Waals surface area contributed by atoms with Crippen molar-refractivity contribution in [2.75, 3.05) is 4.90 Å². The molecule has 148 valence electrons. The molecule has 1 N–H and O–H groups in total. The molecule has 2 heterocycles. The topological polar surface area (TPSA) is 123 Å². The molecule has 4 rings (SSSR count). The number of nitro groups is 1. The summed E-state index contributed by atoms with van der Waals surface area (Å²) >= 11 is 0. The van der Waals surface area contributed by atoms with Gasteiger partial charge in [0.05, 0.1) is 10.6 Å². The highest BCUT2D eigenvalue weighted by molar-refractivity contribution is 6.39. The number of carbonyl (C=O) groups excluding carboxylic acids is 3. The summed E-state index contributed by atoms with van der Waals surface area (Å²) in [6, 6.07) is 16.3. The lowest BCUT2D eigenvalue weighted by Gasteiger charge is -2.26. The molecule has 0 spiro atoms. The number of furan rings is 1. The second kappa shape index (κ2) is 7.47. The third kappa shape index (κ3) is 3.47.